The van der Waals surface area contributed by atoms with E-state index in [0.717, 1.165) is 57.6 Å². The molecule has 5 aromatic rings. The van der Waals surface area contributed by atoms with Crippen molar-refractivity contribution < 1.29 is 21.6 Å². The summed E-state index contributed by atoms with van der Waals surface area (Å²) < 4.78 is 66.6. The third-order valence-corrected chi connectivity index (χ3v) is 10.4. The highest BCUT2D eigenvalue weighted by Crippen LogP contribution is 2.38. The highest BCUT2D eigenvalue weighted by molar-refractivity contribution is 7.89. The fourth-order valence-corrected chi connectivity index (χ4v) is 7.50. The number of H-pyrrole nitrogens is 1. The molecule has 1 saturated heterocycles. The fraction of sp³-hybridized carbons (Fsp3) is 0.219. The second-order valence-electron chi connectivity index (χ2n) is 10.7. The number of sulfonamides is 1. The molecule has 5 nitrogen and oxygen atoms in total. The number of piperidine rings is 1. The summed E-state index contributed by atoms with van der Waals surface area (Å²) >= 11 is 12.4. The average molecular weight is 645 g/mol. The van der Waals surface area contributed by atoms with E-state index in [9.17, 15) is 21.6 Å². The number of aromatic nitrogens is 2. The summed E-state index contributed by atoms with van der Waals surface area (Å²) in [5.74, 6) is -0.0544. The van der Waals surface area contributed by atoms with Crippen LogP contribution in [0.2, 0.25) is 10.0 Å². The van der Waals surface area contributed by atoms with Crippen molar-refractivity contribution in [1.29, 1.82) is 0 Å². The van der Waals surface area contributed by atoms with E-state index in [0.29, 0.717) is 22.9 Å². The highest BCUT2D eigenvalue weighted by Gasteiger charge is 2.34. The van der Waals surface area contributed by atoms with Crippen LogP contribution in [0.4, 0.5) is 13.2 Å². The number of hydrogen-bond acceptors (Lipinski definition) is 3. The minimum atomic E-state index is -4.53. The molecule has 1 aliphatic rings. The predicted octanol–water partition coefficient (Wildman–Crippen LogP) is 8.64. The molecular formula is C32H26Cl2F3N3O2S. The predicted molar refractivity (Wildman–Crippen MR) is 162 cm³/mol. The fourth-order valence-electron chi connectivity index (χ4n) is 5.78. The van der Waals surface area contributed by atoms with Crippen molar-refractivity contribution in [2.75, 3.05) is 13.1 Å². The third kappa shape index (κ3) is 6.04. The molecule has 2 heterocycles. The van der Waals surface area contributed by atoms with E-state index in [1.807, 2.05) is 54.6 Å². The number of aromatic amines is 1. The molecule has 6 rings (SSSR count). The lowest BCUT2D eigenvalue weighted by atomic mass is 9.84. The first-order valence-corrected chi connectivity index (χ1v) is 15.9. The number of nitrogens with one attached hydrogen (secondary N) is 1. The van der Waals surface area contributed by atoms with Gasteiger partial charge < -0.3 is 0 Å². The molecule has 1 aromatic heterocycles. The van der Waals surface area contributed by atoms with Crippen LogP contribution in [0.25, 0.3) is 10.9 Å². The molecule has 222 valence electrons. The van der Waals surface area contributed by atoms with Crippen LogP contribution in [0.15, 0.2) is 95.9 Å². The van der Waals surface area contributed by atoms with Gasteiger partial charge in [-0.3, -0.25) is 5.10 Å². The van der Waals surface area contributed by atoms with Gasteiger partial charge in [-0.2, -0.15) is 22.6 Å². The lowest BCUT2D eigenvalue weighted by molar-refractivity contribution is -0.137. The smallest absolute Gasteiger partial charge is 0.281 e. The Balaban J connectivity index is 1.26. The third-order valence-electron chi connectivity index (χ3n) is 8.03. The van der Waals surface area contributed by atoms with E-state index in [2.05, 4.69) is 22.3 Å². The van der Waals surface area contributed by atoms with Crippen molar-refractivity contribution in [3.63, 3.8) is 0 Å². The number of alkyl halides is 3. The number of rotatable bonds is 6. The molecule has 4 aromatic carbocycles. The van der Waals surface area contributed by atoms with Crippen molar-refractivity contribution in [3.8, 4) is 0 Å². The summed E-state index contributed by atoms with van der Waals surface area (Å²) in [6.45, 7) is 0.485. The molecule has 0 bridgehead atoms. The van der Waals surface area contributed by atoms with Crippen LogP contribution in [0.1, 0.15) is 52.6 Å². The van der Waals surface area contributed by atoms with Crippen LogP contribution in [-0.2, 0) is 16.2 Å². The molecule has 0 unspecified atom stereocenters. The molecule has 0 radical (unpaired) electrons. The Labute approximate surface area is 257 Å². The second kappa shape index (κ2) is 11.6. The normalized spacial score (nSPS) is 15.4. The van der Waals surface area contributed by atoms with E-state index in [1.165, 1.54) is 4.31 Å². The number of halogens is 5. The Bertz CT molecular complexity index is 1800. The lowest BCUT2D eigenvalue weighted by Crippen LogP contribution is -2.38. The highest BCUT2D eigenvalue weighted by atomic mass is 35.5. The van der Waals surface area contributed by atoms with Crippen LogP contribution >= 0.6 is 23.2 Å². The van der Waals surface area contributed by atoms with Gasteiger partial charge in [0.15, 0.2) is 0 Å². The molecular weight excluding hydrogens is 618 g/mol. The van der Waals surface area contributed by atoms with Crippen molar-refractivity contribution in [3.05, 3.63) is 129 Å². The van der Waals surface area contributed by atoms with Crippen molar-refractivity contribution >= 4 is 44.1 Å². The van der Waals surface area contributed by atoms with Gasteiger partial charge in [0, 0.05) is 46.1 Å². The van der Waals surface area contributed by atoms with E-state index in [1.54, 1.807) is 0 Å². The summed E-state index contributed by atoms with van der Waals surface area (Å²) in [4.78, 5) is -0.147. The van der Waals surface area contributed by atoms with Gasteiger partial charge in [-0.1, -0.05) is 53.5 Å². The van der Waals surface area contributed by atoms with Crippen LogP contribution in [-0.4, -0.2) is 36.0 Å². The summed E-state index contributed by atoms with van der Waals surface area (Å²) in [6.07, 6.45) is -3.45. The maximum Gasteiger partial charge on any atom is 0.416 e. The van der Waals surface area contributed by atoms with Crippen molar-refractivity contribution in [1.82, 2.24) is 14.5 Å². The monoisotopic (exact) mass is 643 g/mol. The van der Waals surface area contributed by atoms with Gasteiger partial charge in [0.1, 0.15) is 0 Å². The van der Waals surface area contributed by atoms with Crippen molar-refractivity contribution in [2.45, 2.75) is 35.7 Å². The SMILES string of the molecule is O=S(=O)(c1ccc(C(F)(F)F)cc1)N1CCC(c2[nH]nc3ccc(C(c4ccc(Cl)cc4)c4ccc(Cl)cc4)cc23)CC1. The maximum absolute atomic E-state index is 13.2. The topological polar surface area (TPSA) is 66.1 Å². The summed E-state index contributed by atoms with van der Waals surface area (Å²) in [5, 5.41) is 9.98. The van der Waals surface area contributed by atoms with Crippen LogP contribution in [0.5, 0.6) is 0 Å². The second-order valence-corrected chi connectivity index (χ2v) is 13.5. The minimum Gasteiger partial charge on any atom is -0.281 e. The number of hydrogen-bond donors (Lipinski definition) is 1. The lowest BCUT2D eigenvalue weighted by Gasteiger charge is -2.31. The zero-order chi connectivity index (χ0) is 30.4. The first-order chi connectivity index (χ1) is 20.5. The average Bonchev–Trinajstić information content (AvgIpc) is 3.42. The molecule has 1 aliphatic heterocycles. The van der Waals surface area contributed by atoms with Gasteiger partial charge in [-0.15, -0.1) is 0 Å². The number of fused-ring (bicyclic) bond motifs is 1. The largest absolute Gasteiger partial charge is 0.416 e. The molecule has 0 aliphatic carbocycles. The van der Waals surface area contributed by atoms with Crippen molar-refractivity contribution in [2.24, 2.45) is 0 Å². The molecule has 11 heteroatoms. The Morgan fingerprint density at radius 3 is 1.86 bits per heavy atom. The molecule has 0 atom stereocenters. The molecule has 0 amide bonds. The van der Waals surface area contributed by atoms with Gasteiger partial charge >= 0.3 is 6.18 Å². The van der Waals surface area contributed by atoms with Gasteiger partial charge in [0.05, 0.1) is 16.0 Å². The van der Waals surface area contributed by atoms with Gasteiger partial charge in [0.2, 0.25) is 10.0 Å². The van der Waals surface area contributed by atoms with Crippen LogP contribution in [0.3, 0.4) is 0 Å². The number of benzene rings is 4. The molecule has 1 N–H and O–H groups in total. The maximum atomic E-state index is 13.2. The number of nitrogens with zero attached hydrogens (tertiary/aromatic N) is 2. The van der Waals surface area contributed by atoms with Gasteiger partial charge in [-0.25, -0.2) is 8.42 Å². The van der Waals surface area contributed by atoms with E-state index in [-0.39, 0.29) is 29.8 Å². The Morgan fingerprint density at radius 1 is 0.791 bits per heavy atom. The summed E-state index contributed by atoms with van der Waals surface area (Å²) in [6, 6.07) is 25.3. The Kier molecular flexibility index (Phi) is 8.02. The van der Waals surface area contributed by atoms with Crippen LogP contribution < -0.4 is 0 Å². The van der Waals surface area contributed by atoms with E-state index in [4.69, 9.17) is 23.2 Å². The zero-order valence-electron chi connectivity index (χ0n) is 22.7. The molecule has 1 fully saturated rings. The Hall–Kier alpha value is -3.37. The van der Waals surface area contributed by atoms with Gasteiger partial charge in [0.25, 0.3) is 0 Å². The van der Waals surface area contributed by atoms with Crippen LogP contribution in [0, 0.1) is 0 Å². The van der Waals surface area contributed by atoms with E-state index >= 15 is 0 Å². The zero-order valence-corrected chi connectivity index (χ0v) is 25.0. The summed E-state index contributed by atoms with van der Waals surface area (Å²) in [7, 11) is -3.92. The van der Waals surface area contributed by atoms with E-state index < -0.39 is 21.8 Å². The first kappa shape index (κ1) is 29.7. The van der Waals surface area contributed by atoms with Gasteiger partial charge in [-0.05, 0) is 90.2 Å². The summed E-state index contributed by atoms with van der Waals surface area (Å²) in [5.41, 5.74) is 4.06. The molecule has 0 spiro atoms. The molecule has 43 heavy (non-hydrogen) atoms. The Morgan fingerprint density at radius 2 is 1.33 bits per heavy atom. The quantitative estimate of drug-likeness (QED) is 0.188. The standard InChI is InChI=1S/C32H26Cl2F3N3O2S/c33-25-8-1-20(2-9-25)30(21-3-10-26(34)11-4-21)23-5-14-29-28(19-23)31(39-38-29)22-15-17-40(18-16-22)43(41,42)27-12-6-24(7-13-27)32(35,36)37/h1-14,19,22,30H,15-18H2,(H,38,39). The minimum absolute atomic E-state index is 0.0313. The molecule has 0 saturated carbocycles. The first-order valence-electron chi connectivity index (χ1n) is 13.7.